The molecule has 0 saturated carbocycles. The third-order valence-corrected chi connectivity index (χ3v) is 4.07. The van der Waals surface area contributed by atoms with Crippen molar-refractivity contribution in [3.05, 3.63) is 35.9 Å². The van der Waals surface area contributed by atoms with Gasteiger partial charge in [0.25, 0.3) is 0 Å². The first-order valence-electron chi connectivity index (χ1n) is 9.62. The molecule has 0 amide bonds. The minimum Gasteiger partial charge on any atom is -0.850 e. The van der Waals surface area contributed by atoms with Crippen LogP contribution in [0, 0.1) is 6.07 Å². The molecule has 1 rings (SSSR count). The molecule has 1 aromatic rings. The normalized spacial score (nSPS) is 10.6. The van der Waals surface area contributed by atoms with E-state index in [4.69, 9.17) is 0 Å². The Hall–Kier alpha value is 0.828. The number of hydrogen-bond donors (Lipinski definition) is 0. The van der Waals surface area contributed by atoms with Crippen molar-refractivity contribution in [3.63, 3.8) is 0 Å². The predicted molar refractivity (Wildman–Crippen MR) is 112 cm³/mol. The van der Waals surface area contributed by atoms with Gasteiger partial charge >= 0.3 is 21.1 Å². The zero-order valence-electron chi connectivity index (χ0n) is 16.0. The Kier molecular flexibility index (Phi) is 23.0. The summed E-state index contributed by atoms with van der Waals surface area (Å²) in [5.41, 5.74) is -2.35. The van der Waals surface area contributed by atoms with Crippen LogP contribution >= 0.6 is 5.69 Å². The van der Waals surface area contributed by atoms with E-state index < -0.39 is 5.69 Å². The summed E-state index contributed by atoms with van der Waals surface area (Å²) < 4.78 is 0. The van der Waals surface area contributed by atoms with Crippen LogP contribution in [0.2, 0.25) is 0 Å². The summed E-state index contributed by atoms with van der Waals surface area (Å²) in [4.78, 5) is 18.6. The maximum absolute atomic E-state index is 9.29. The van der Waals surface area contributed by atoms with Crippen LogP contribution in [-0.4, -0.2) is 0 Å². The Balaban J connectivity index is 0. The van der Waals surface area contributed by atoms with Gasteiger partial charge in [0.05, 0.1) is 0 Å². The fourth-order valence-corrected chi connectivity index (χ4v) is 2.74. The molecule has 0 aliphatic carbocycles. The first kappa shape index (κ1) is 29.0. The molecule has 1 aromatic carbocycles. The molecule has 0 bridgehead atoms. The van der Waals surface area contributed by atoms with E-state index in [1.807, 2.05) is 12.1 Å². The number of aryl methyl sites for hydroxylation is 1. The van der Waals surface area contributed by atoms with Crippen LogP contribution in [0.15, 0.2) is 24.3 Å². The van der Waals surface area contributed by atoms with Gasteiger partial charge in [-0.2, -0.15) is 47.7 Å². The summed E-state index contributed by atoms with van der Waals surface area (Å²) in [6.07, 6.45) is 18.3. The molecule has 0 aliphatic rings. The topological polar surface area (TPSA) is 46.1 Å². The van der Waals surface area contributed by atoms with Gasteiger partial charge in [-0.15, -0.1) is 0 Å². The van der Waals surface area contributed by atoms with Gasteiger partial charge in [-0.1, -0.05) is 90.4 Å². The van der Waals surface area contributed by atoms with Crippen LogP contribution < -0.4 is 9.79 Å². The summed E-state index contributed by atoms with van der Waals surface area (Å²) in [5, 5.41) is 0. The number of hydrogen-bond acceptors (Lipinski definition) is 4. The van der Waals surface area contributed by atoms with Crippen LogP contribution in [0.5, 0.6) is 0 Å². The van der Waals surface area contributed by atoms with E-state index in [1.165, 1.54) is 89.0 Å². The zero-order valence-corrected chi connectivity index (χ0v) is 20.5. The summed E-state index contributed by atoms with van der Waals surface area (Å²) in [6.45, 7) is 2.29. The van der Waals surface area contributed by atoms with Gasteiger partial charge in [-0.3, -0.25) is 0 Å². The molecule has 0 heterocycles. The van der Waals surface area contributed by atoms with Crippen molar-refractivity contribution in [1.29, 1.82) is 0 Å². The molecule has 6 heteroatoms. The summed E-state index contributed by atoms with van der Waals surface area (Å²) in [6, 6.07) is 11.7. The third kappa shape index (κ3) is 27.1. The summed E-state index contributed by atoms with van der Waals surface area (Å²) in [7, 11) is 0. The van der Waals surface area contributed by atoms with Gasteiger partial charge in [0.2, 0.25) is 0 Å². The van der Waals surface area contributed by atoms with E-state index in [2.05, 4.69) is 49.2 Å². The molecule has 0 saturated heterocycles. The molecule has 0 aromatic heterocycles. The predicted octanol–water partition coefficient (Wildman–Crippen LogP) is 5.21. The van der Waals surface area contributed by atoms with Crippen LogP contribution in [0.1, 0.15) is 89.5 Å². The first-order chi connectivity index (χ1) is 11.9. The minimum atomic E-state index is -3.72. The van der Waals surface area contributed by atoms with Crippen LogP contribution in [0.3, 0.4) is 0 Å². The molecule has 0 spiro atoms. The molecule has 148 valence electrons. The fraction of sp³-hybridized carbons (Fsp3) is 0.700. The number of unbranched alkanes of at least 4 members (excludes halogenated alkanes) is 11. The molecule has 0 fully saturated rings. The Morgan fingerprint density at radius 3 is 1.69 bits per heavy atom. The van der Waals surface area contributed by atoms with Crippen molar-refractivity contribution in [3.8, 4) is 0 Å². The standard InChI is InChI=1S/C20H33.Mo.H3O2PS2/c1-2-3-4-5-6-7-8-9-10-11-12-14-17-20-18-15-13-16-19-20;;1-3(2,4)5/h13,15-16,18H,2-12,14,17H2,1H3;;(H3,1,2,4,5)/q-1;+4;/p-3. The van der Waals surface area contributed by atoms with Crippen LogP contribution in [0.25, 0.3) is 0 Å². The molecule has 0 radical (unpaired) electrons. The number of rotatable bonds is 13. The van der Waals surface area contributed by atoms with E-state index >= 15 is 0 Å². The smallest absolute Gasteiger partial charge is 0.850 e. The van der Waals surface area contributed by atoms with Crippen LogP contribution in [0.4, 0.5) is 0 Å². The second-order valence-electron chi connectivity index (χ2n) is 6.47. The molecule has 0 unspecified atom stereocenters. The van der Waals surface area contributed by atoms with Gasteiger partial charge in [0.1, 0.15) is 0 Å². The summed E-state index contributed by atoms with van der Waals surface area (Å²) in [5.74, 6) is 0. The quantitative estimate of drug-likeness (QED) is 0.124. The average Bonchev–Trinajstić information content (AvgIpc) is 2.55. The minimum absolute atomic E-state index is 0. The second-order valence-corrected chi connectivity index (χ2v) is 10.9. The van der Waals surface area contributed by atoms with E-state index in [-0.39, 0.29) is 21.1 Å². The van der Waals surface area contributed by atoms with E-state index in [0.717, 1.165) is 0 Å². The molecule has 0 atom stereocenters. The van der Waals surface area contributed by atoms with E-state index in [0.29, 0.717) is 0 Å². The van der Waals surface area contributed by atoms with E-state index in [9.17, 15) is 9.79 Å². The Morgan fingerprint density at radius 1 is 0.885 bits per heavy atom. The molecule has 26 heavy (non-hydrogen) atoms. The second kappa shape index (κ2) is 20.6. The molecule has 0 N–H and O–H groups in total. The first-order valence-corrected chi connectivity index (χ1v) is 13.3. The van der Waals surface area contributed by atoms with Gasteiger partial charge in [-0.25, -0.2) is 0 Å². The van der Waals surface area contributed by atoms with Crippen molar-refractivity contribution in [2.45, 2.75) is 90.4 Å². The largest absolute Gasteiger partial charge is 4.00 e. The van der Waals surface area contributed by atoms with Crippen molar-refractivity contribution in [1.82, 2.24) is 0 Å². The maximum Gasteiger partial charge on any atom is 4.00 e. The fourth-order valence-electron chi connectivity index (χ4n) is 2.74. The molecule has 2 nitrogen and oxygen atoms in total. The van der Waals surface area contributed by atoms with Gasteiger partial charge in [0.15, 0.2) is 0 Å². The SMILES string of the molecule is CCCCCCCCCCCCCCc1[c-]cccc1.[Mo+4].[O-]P([O-])(=S)[S-]. The Labute approximate surface area is 186 Å². The zero-order chi connectivity index (χ0) is 18.8. The number of benzene rings is 1. The Morgan fingerprint density at radius 2 is 1.31 bits per heavy atom. The molecule has 0 aliphatic heterocycles. The van der Waals surface area contributed by atoms with Gasteiger partial charge in [-0.05, 0) is 0 Å². The van der Waals surface area contributed by atoms with Crippen molar-refractivity contribution in [2.75, 3.05) is 0 Å². The van der Waals surface area contributed by atoms with Crippen LogP contribution in [-0.2, 0) is 51.5 Å². The molecular formula is C20H33MoO2PS2. The maximum atomic E-state index is 9.29. The van der Waals surface area contributed by atoms with E-state index in [1.54, 1.807) is 0 Å². The van der Waals surface area contributed by atoms with Crippen molar-refractivity contribution < 1.29 is 30.9 Å². The van der Waals surface area contributed by atoms with Gasteiger partial charge < -0.3 is 27.7 Å². The van der Waals surface area contributed by atoms with Gasteiger partial charge in [0, 0.05) is 0 Å². The third-order valence-electron chi connectivity index (χ3n) is 4.07. The van der Waals surface area contributed by atoms with Crippen molar-refractivity contribution in [2.24, 2.45) is 0 Å². The summed E-state index contributed by atoms with van der Waals surface area (Å²) >= 11 is 7.28. The molecular weight excluding hydrogens is 463 g/mol. The monoisotopic (exact) mass is 498 g/mol. The average molecular weight is 497 g/mol. The Bertz CT molecular complexity index is 432. The van der Waals surface area contributed by atoms with Crippen molar-refractivity contribution >= 4 is 29.7 Å².